The van der Waals surface area contributed by atoms with E-state index in [9.17, 15) is 0 Å². The molecule has 0 aliphatic rings. The minimum atomic E-state index is 1.17. The van der Waals surface area contributed by atoms with Gasteiger partial charge in [-0.2, -0.15) is 0 Å². The van der Waals surface area contributed by atoms with E-state index < -0.39 is 0 Å². The van der Waals surface area contributed by atoms with Crippen LogP contribution in [0.15, 0.2) is 140 Å². The van der Waals surface area contributed by atoms with E-state index in [0.717, 1.165) is 0 Å². The zero-order chi connectivity index (χ0) is 25.9. The molecule has 0 amide bonds. The number of rotatable bonds is 3. The van der Waals surface area contributed by atoms with Gasteiger partial charge in [-0.05, 0) is 52.6 Å². The maximum Gasteiger partial charge on any atom is 0.0641 e. The molecule has 6 aromatic carbocycles. The van der Waals surface area contributed by atoms with Gasteiger partial charge < -0.3 is 9.13 Å². The fourth-order valence-corrected chi connectivity index (χ4v) is 6.26. The fraction of sp³-hybridized carbons (Fsp3) is 0.0270. The Labute approximate surface area is 227 Å². The summed E-state index contributed by atoms with van der Waals surface area (Å²) in [7, 11) is 2.17. The topological polar surface area (TPSA) is 9.86 Å². The lowest BCUT2D eigenvalue weighted by atomic mass is 10.0. The average molecular weight is 499 g/mol. The maximum atomic E-state index is 2.45. The minimum absolute atomic E-state index is 1.17. The minimum Gasteiger partial charge on any atom is -0.344 e. The summed E-state index contributed by atoms with van der Waals surface area (Å²) >= 11 is 0. The molecule has 0 bridgehead atoms. The first-order chi connectivity index (χ1) is 19.3. The number of benzene rings is 6. The van der Waals surface area contributed by atoms with Gasteiger partial charge in [-0.15, -0.1) is 0 Å². The van der Waals surface area contributed by atoms with Crippen LogP contribution in [0, 0.1) is 0 Å². The Kier molecular flexibility index (Phi) is 4.77. The Balaban J connectivity index is 1.32. The number of aryl methyl sites for hydroxylation is 1. The zero-order valence-corrected chi connectivity index (χ0v) is 21.7. The molecule has 2 aromatic heterocycles. The van der Waals surface area contributed by atoms with Crippen molar-refractivity contribution >= 4 is 43.6 Å². The molecule has 184 valence electrons. The summed E-state index contributed by atoms with van der Waals surface area (Å²) in [6, 6.07) is 50.5. The monoisotopic (exact) mass is 498 g/mol. The second-order valence-corrected chi connectivity index (χ2v) is 10.3. The molecule has 8 aromatic rings. The molecule has 0 saturated carbocycles. The lowest BCUT2D eigenvalue weighted by molar-refractivity contribution is 1.01. The maximum absolute atomic E-state index is 2.45. The van der Waals surface area contributed by atoms with Gasteiger partial charge in [-0.25, -0.2) is 0 Å². The molecule has 2 nitrogen and oxygen atoms in total. The Hall–Kier alpha value is -5.08. The molecular formula is C37H26N2. The summed E-state index contributed by atoms with van der Waals surface area (Å²) in [6.07, 6.45) is 0. The van der Waals surface area contributed by atoms with Crippen LogP contribution in [0.3, 0.4) is 0 Å². The number of nitrogens with zero attached hydrogens (tertiary/aromatic N) is 2. The van der Waals surface area contributed by atoms with Crippen LogP contribution in [0.1, 0.15) is 0 Å². The molecule has 8 rings (SSSR count). The zero-order valence-electron chi connectivity index (χ0n) is 21.7. The normalized spacial score (nSPS) is 11.7. The molecule has 0 atom stereocenters. The molecule has 0 radical (unpaired) electrons. The largest absolute Gasteiger partial charge is 0.344 e. The van der Waals surface area contributed by atoms with Crippen LogP contribution in [0.25, 0.3) is 71.6 Å². The number of fused-ring (bicyclic) bond motifs is 7. The Bertz CT molecular complexity index is 2140. The predicted octanol–water partition coefficient (Wildman–Crippen LogP) is 9.76. The third-order valence-corrected chi connectivity index (χ3v) is 8.16. The van der Waals surface area contributed by atoms with E-state index in [4.69, 9.17) is 0 Å². The van der Waals surface area contributed by atoms with Gasteiger partial charge in [0.15, 0.2) is 0 Å². The second-order valence-electron chi connectivity index (χ2n) is 10.3. The van der Waals surface area contributed by atoms with E-state index in [-0.39, 0.29) is 0 Å². The van der Waals surface area contributed by atoms with Crippen molar-refractivity contribution in [3.05, 3.63) is 140 Å². The molecule has 0 spiro atoms. The highest BCUT2D eigenvalue weighted by Crippen LogP contribution is 2.40. The molecular weight excluding hydrogens is 472 g/mol. The predicted molar refractivity (Wildman–Crippen MR) is 166 cm³/mol. The third kappa shape index (κ3) is 3.28. The smallest absolute Gasteiger partial charge is 0.0641 e. The highest BCUT2D eigenvalue weighted by atomic mass is 15.0. The van der Waals surface area contributed by atoms with E-state index in [0.29, 0.717) is 0 Å². The van der Waals surface area contributed by atoms with Crippen molar-refractivity contribution in [2.45, 2.75) is 0 Å². The van der Waals surface area contributed by atoms with Crippen molar-refractivity contribution in [2.75, 3.05) is 0 Å². The van der Waals surface area contributed by atoms with Crippen LogP contribution in [-0.2, 0) is 7.05 Å². The highest BCUT2D eigenvalue weighted by molar-refractivity contribution is 6.25. The van der Waals surface area contributed by atoms with Crippen LogP contribution in [-0.4, -0.2) is 9.13 Å². The van der Waals surface area contributed by atoms with Crippen LogP contribution in [0.5, 0.6) is 0 Å². The first-order valence-electron chi connectivity index (χ1n) is 13.4. The van der Waals surface area contributed by atoms with E-state index in [1.165, 1.54) is 71.6 Å². The molecule has 0 fully saturated rings. The van der Waals surface area contributed by atoms with Gasteiger partial charge >= 0.3 is 0 Å². The molecule has 0 N–H and O–H groups in total. The Morgan fingerprint density at radius 1 is 0.385 bits per heavy atom. The van der Waals surface area contributed by atoms with Gasteiger partial charge in [0.05, 0.1) is 16.6 Å². The van der Waals surface area contributed by atoms with Crippen molar-refractivity contribution in [3.63, 3.8) is 0 Å². The van der Waals surface area contributed by atoms with Crippen LogP contribution >= 0.6 is 0 Å². The molecule has 0 unspecified atom stereocenters. The Morgan fingerprint density at radius 2 is 0.923 bits per heavy atom. The summed E-state index contributed by atoms with van der Waals surface area (Å²) in [5, 5.41) is 5.17. The highest BCUT2D eigenvalue weighted by Gasteiger charge is 2.18. The van der Waals surface area contributed by atoms with Gasteiger partial charge in [-0.3, -0.25) is 0 Å². The second kappa shape index (κ2) is 8.47. The summed E-state index contributed by atoms with van der Waals surface area (Å²) in [5.74, 6) is 0. The lowest BCUT2D eigenvalue weighted by Crippen LogP contribution is -1.94. The van der Waals surface area contributed by atoms with Gasteiger partial charge in [0, 0.05) is 39.8 Å². The lowest BCUT2D eigenvalue weighted by Gasteiger charge is -2.11. The molecule has 0 aliphatic carbocycles. The van der Waals surface area contributed by atoms with Crippen molar-refractivity contribution in [3.8, 4) is 27.9 Å². The molecule has 0 saturated heterocycles. The van der Waals surface area contributed by atoms with Gasteiger partial charge in [0.25, 0.3) is 0 Å². The molecule has 2 heterocycles. The van der Waals surface area contributed by atoms with Crippen LogP contribution in [0.4, 0.5) is 0 Å². The number of para-hydroxylation sites is 2. The van der Waals surface area contributed by atoms with Gasteiger partial charge in [0.1, 0.15) is 0 Å². The first-order valence-corrected chi connectivity index (χ1v) is 13.4. The standard InChI is InChI=1S/C37H26N2/c1-38-33-13-7-6-12-32(33)36-35(38)24-23-31-30-11-5-8-14-34(30)39(37(31)36)29-21-19-28(20-22-29)27-17-15-26(16-18-27)25-9-3-2-4-10-25/h2-24H,1H3. The first kappa shape index (κ1) is 22.0. The third-order valence-electron chi connectivity index (χ3n) is 8.16. The quantitative estimate of drug-likeness (QED) is 0.229. The summed E-state index contributed by atoms with van der Waals surface area (Å²) in [4.78, 5) is 0. The molecule has 2 heteroatoms. The van der Waals surface area contributed by atoms with E-state index >= 15 is 0 Å². The summed E-state index contributed by atoms with van der Waals surface area (Å²) in [5.41, 5.74) is 11.1. The van der Waals surface area contributed by atoms with E-state index in [1.54, 1.807) is 0 Å². The summed E-state index contributed by atoms with van der Waals surface area (Å²) in [6.45, 7) is 0. The number of hydrogen-bond acceptors (Lipinski definition) is 0. The Morgan fingerprint density at radius 3 is 1.62 bits per heavy atom. The van der Waals surface area contributed by atoms with Crippen molar-refractivity contribution in [1.29, 1.82) is 0 Å². The SMILES string of the molecule is Cn1c2ccccc2c2c1ccc1c3ccccc3n(-c3ccc(-c4ccc(-c5ccccc5)cc4)cc3)c12. The van der Waals surface area contributed by atoms with Crippen LogP contribution < -0.4 is 0 Å². The van der Waals surface area contributed by atoms with Crippen molar-refractivity contribution in [2.24, 2.45) is 7.05 Å². The number of hydrogen-bond donors (Lipinski definition) is 0. The fourth-order valence-electron chi connectivity index (χ4n) is 6.26. The number of aromatic nitrogens is 2. The van der Waals surface area contributed by atoms with Gasteiger partial charge in [-0.1, -0.05) is 109 Å². The van der Waals surface area contributed by atoms with Crippen LogP contribution in [0.2, 0.25) is 0 Å². The molecule has 39 heavy (non-hydrogen) atoms. The average Bonchev–Trinajstić information content (AvgIpc) is 3.50. The van der Waals surface area contributed by atoms with E-state index in [1.807, 2.05) is 0 Å². The van der Waals surface area contributed by atoms with Crippen molar-refractivity contribution in [1.82, 2.24) is 9.13 Å². The van der Waals surface area contributed by atoms with Crippen molar-refractivity contribution < 1.29 is 0 Å². The summed E-state index contributed by atoms with van der Waals surface area (Å²) < 4.78 is 4.76. The van der Waals surface area contributed by atoms with Gasteiger partial charge in [0.2, 0.25) is 0 Å². The molecule has 0 aliphatic heterocycles. The van der Waals surface area contributed by atoms with E-state index in [2.05, 4.69) is 156 Å².